The van der Waals surface area contributed by atoms with Gasteiger partial charge in [-0.15, -0.1) is 0 Å². The van der Waals surface area contributed by atoms with Crippen LogP contribution in [0, 0.1) is 17.8 Å². The Hall–Kier alpha value is -2.86. The molecular weight excluding hydrogens is 654 g/mol. The minimum Gasteiger partial charge on any atom is -0.490 e. The van der Waals surface area contributed by atoms with Crippen molar-refractivity contribution in [2.75, 3.05) is 51.1 Å². The van der Waals surface area contributed by atoms with Crippen molar-refractivity contribution in [1.82, 2.24) is 9.62 Å². The summed E-state index contributed by atoms with van der Waals surface area (Å²) in [5.74, 6) is 0.225. The number of sulfonamides is 1. The summed E-state index contributed by atoms with van der Waals surface area (Å²) < 4.78 is 39.4. The van der Waals surface area contributed by atoms with Gasteiger partial charge >= 0.3 is 0 Å². The average molecular weight is 700 g/mol. The molecule has 3 heterocycles. The Morgan fingerprint density at radius 3 is 2.73 bits per heavy atom. The second kappa shape index (κ2) is 12.8. The average Bonchev–Trinajstić information content (AvgIpc) is 3.17. The van der Waals surface area contributed by atoms with Crippen molar-refractivity contribution in [3.05, 3.63) is 58.1 Å². The summed E-state index contributed by atoms with van der Waals surface area (Å²) in [6.07, 6.45) is 8.17. The van der Waals surface area contributed by atoms with E-state index in [1.807, 2.05) is 10.8 Å². The molecule has 2 fully saturated rings. The molecule has 48 heavy (non-hydrogen) atoms. The number of aliphatic hydroxyl groups is 1. The van der Waals surface area contributed by atoms with Gasteiger partial charge in [0, 0.05) is 43.7 Å². The Balaban J connectivity index is 1.34. The number of hydrogen-bond acceptors (Lipinski definition) is 8. The van der Waals surface area contributed by atoms with Gasteiger partial charge in [-0.25, -0.2) is 8.42 Å². The molecule has 2 amide bonds. The molecule has 4 bridgehead atoms. The van der Waals surface area contributed by atoms with Gasteiger partial charge in [-0.2, -0.15) is 0 Å². The molecule has 1 saturated heterocycles. The molecule has 0 radical (unpaired) electrons. The number of aryl methyl sites for hydroxylation is 1. The minimum atomic E-state index is -4.03. The van der Waals surface area contributed by atoms with Gasteiger partial charge in [0.15, 0.2) is 5.60 Å². The lowest BCUT2D eigenvalue weighted by atomic mass is 9.67. The van der Waals surface area contributed by atoms with Crippen LogP contribution in [-0.2, 0) is 41.8 Å². The normalized spacial score (nSPS) is 32.3. The first kappa shape index (κ1) is 33.6. The van der Waals surface area contributed by atoms with Crippen LogP contribution in [0.5, 0.6) is 5.75 Å². The summed E-state index contributed by atoms with van der Waals surface area (Å²) in [5.41, 5.74) is 0.578. The van der Waals surface area contributed by atoms with Crippen LogP contribution in [0.4, 0.5) is 5.69 Å². The fourth-order valence-corrected chi connectivity index (χ4v) is 9.55. The fourth-order valence-electron chi connectivity index (χ4n) is 8.85. The number of ether oxygens (including phenoxy) is 2. The molecule has 2 N–H and O–H groups in total. The predicted molar refractivity (Wildman–Crippen MR) is 183 cm³/mol. The van der Waals surface area contributed by atoms with Crippen LogP contribution in [0.3, 0.4) is 0 Å². The Morgan fingerprint density at radius 1 is 1.12 bits per heavy atom. The SMILES string of the molecule is CN1CC[C@@H]2CCO[C@@H](C2)[C@@H]2CC[C@H]2CN2C[C@@]3(CCCc4cc(Cl)ccc43)COc3ccc(cc32)[C@@](O)(C(=O)NS(C)(=O)=O)CC1=O. The third kappa shape index (κ3) is 6.43. The van der Waals surface area contributed by atoms with E-state index in [1.165, 1.54) is 16.0 Å². The van der Waals surface area contributed by atoms with E-state index in [2.05, 4.69) is 17.0 Å². The highest BCUT2D eigenvalue weighted by atomic mass is 35.5. The number of benzene rings is 2. The minimum absolute atomic E-state index is 0.141. The first-order chi connectivity index (χ1) is 22.8. The molecule has 0 unspecified atom stereocenters. The monoisotopic (exact) mass is 699 g/mol. The number of carbonyl (C=O) groups is 2. The summed E-state index contributed by atoms with van der Waals surface area (Å²) in [7, 11) is -2.36. The number of anilines is 1. The van der Waals surface area contributed by atoms with Crippen LogP contribution in [0.15, 0.2) is 36.4 Å². The molecule has 0 aromatic heterocycles. The van der Waals surface area contributed by atoms with Gasteiger partial charge in [0.1, 0.15) is 5.75 Å². The van der Waals surface area contributed by atoms with Crippen LogP contribution < -0.4 is 14.4 Å². The van der Waals surface area contributed by atoms with Crippen molar-refractivity contribution >= 4 is 39.1 Å². The molecule has 1 spiro atoms. The van der Waals surface area contributed by atoms with E-state index in [-0.39, 0.29) is 17.1 Å². The first-order valence-corrected chi connectivity index (χ1v) is 19.5. The van der Waals surface area contributed by atoms with E-state index in [4.69, 9.17) is 21.1 Å². The maximum atomic E-state index is 13.6. The topological polar surface area (TPSA) is 125 Å². The summed E-state index contributed by atoms with van der Waals surface area (Å²) >= 11 is 6.44. The van der Waals surface area contributed by atoms with E-state index < -0.39 is 33.9 Å². The molecule has 7 rings (SSSR count). The van der Waals surface area contributed by atoms with Crippen molar-refractivity contribution in [3.8, 4) is 5.75 Å². The highest BCUT2D eigenvalue weighted by Gasteiger charge is 2.47. The Kier molecular flexibility index (Phi) is 8.96. The van der Waals surface area contributed by atoms with Gasteiger partial charge in [0.25, 0.3) is 5.91 Å². The number of carbonyl (C=O) groups excluding carboxylic acids is 2. The van der Waals surface area contributed by atoms with Crippen LogP contribution in [-0.4, -0.2) is 82.5 Å². The van der Waals surface area contributed by atoms with Gasteiger partial charge < -0.3 is 24.4 Å². The van der Waals surface area contributed by atoms with Crippen molar-refractivity contribution < 1.29 is 32.6 Å². The van der Waals surface area contributed by atoms with E-state index in [0.29, 0.717) is 54.8 Å². The van der Waals surface area contributed by atoms with E-state index in [9.17, 15) is 23.1 Å². The molecule has 12 heteroatoms. The Labute approximate surface area is 288 Å². The Morgan fingerprint density at radius 2 is 1.96 bits per heavy atom. The number of halogens is 1. The summed E-state index contributed by atoms with van der Waals surface area (Å²) in [6.45, 7) is 3.02. The standard InChI is InChI=1S/C36H46ClN3O7S/c1-39-14-11-23-12-15-46-32(16-23)28-8-5-25(28)20-40-21-35(13-3-4-24-17-27(37)7-9-29(24)35)22-47-31-10-6-26(18-30(31)40)36(43,19-33(39)41)34(42)38-48(2,44)45/h6-7,9-10,17-18,23,25,28,32,43H,3-5,8,11-16,19-22H2,1-2H3,(H,38,42)/t23-,25+,28-,32+,35+,36-/m1/s1. The van der Waals surface area contributed by atoms with Gasteiger partial charge in [0.05, 0.1) is 31.1 Å². The smallest absolute Gasteiger partial charge is 0.270 e. The quantitative estimate of drug-likeness (QED) is 0.479. The molecule has 2 aromatic rings. The van der Waals surface area contributed by atoms with Gasteiger partial charge in [-0.1, -0.05) is 23.7 Å². The zero-order chi connectivity index (χ0) is 33.8. The maximum Gasteiger partial charge on any atom is 0.270 e. The molecule has 10 nitrogen and oxygen atoms in total. The van der Waals surface area contributed by atoms with Crippen LogP contribution >= 0.6 is 11.6 Å². The van der Waals surface area contributed by atoms with E-state index >= 15 is 0 Å². The van der Waals surface area contributed by atoms with Gasteiger partial charge in [-0.3, -0.25) is 14.3 Å². The second-order valence-electron chi connectivity index (χ2n) is 14.9. The number of rotatable bonds is 2. The zero-order valence-corrected chi connectivity index (χ0v) is 29.3. The van der Waals surface area contributed by atoms with Crippen LogP contribution in [0.25, 0.3) is 0 Å². The van der Waals surface area contributed by atoms with Crippen molar-refractivity contribution in [2.24, 2.45) is 17.8 Å². The number of hydrogen-bond donors (Lipinski definition) is 2. The molecule has 3 aliphatic heterocycles. The molecule has 5 aliphatic rings. The lowest BCUT2D eigenvalue weighted by molar-refractivity contribution is -0.148. The number of fused-ring (bicyclic) bond motifs is 7. The summed E-state index contributed by atoms with van der Waals surface area (Å²) in [6, 6.07) is 11.2. The van der Waals surface area contributed by atoms with Crippen LogP contribution in [0.1, 0.15) is 68.1 Å². The highest BCUT2D eigenvalue weighted by molar-refractivity contribution is 7.89. The molecular formula is C36H46ClN3O7S. The third-order valence-corrected chi connectivity index (χ3v) is 12.5. The Bertz CT molecular complexity index is 1700. The van der Waals surface area contributed by atoms with Crippen molar-refractivity contribution in [1.29, 1.82) is 0 Å². The second-order valence-corrected chi connectivity index (χ2v) is 17.1. The third-order valence-electron chi connectivity index (χ3n) is 11.7. The maximum absolute atomic E-state index is 13.6. The number of amides is 2. The molecule has 2 aliphatic carbocycles. The lowest BCUT2D eigenvalue weighted by Crippen LogP contribution is -2.51. The van der Waals surface area contributed by atoms with Crippen LogP contribution in [0.2, 0.25) is 5.02 Å². The van der Waals surface area contributed by atoms with Crippen molar-refractivity contribution in [3.63, 3.8) is 0 Å². The van der Waals surface area contributed by atoms with Gasteiger partial charge in [0.2, 0.25) is 15.9 Å². The fraction of sp³-hybridized carbons (Fsp3) is 0.611. The first-order valence-electron chi connectivity index (χ1n) is 17.2. The highest BCUT2D eigenvalue weighted by Crippen LogP contribution is 2.48. The molecule has 260 valence electrons. The predicted octanol–water partition coefficient (Wildman–Crippen LogP) is 4.15. The van der Waals surface area contributed by atoms with E-state index in [1.54, 1.807) is 25.2 Å². The number of nitrogens with zero attached hydrogens (tertiary/aromatic N) is 2. The summed E-state index contributed by atoms with van der Waals surface area (Å²) in [4.78, 5) is 31.1. The number of nitrogens with one attached hydrogen (secondary N) is 1. The molecule has 1 saturated carbocycles. The van der Waals surface area contributed by atoms with E-state index in [0.717, 1.165) is 69.9 Å². The zero-order valence-electron chi connectivity index (χ0n) is 27.8. The van der Waals surface area contributed by atoms with Crippen molar-refractivity contribution in [2.45, 2.75) is 74.9 Å². The molecule has 6 atom stereocenters. The largest absolute Gasteiger partial charge is 0.490 e. The van der Waals surface area contributed by atoms with Gasteiger partial charge in [-0.05, 0) is 110 Å². The summed E-state index contributed by atoms with van der Waals surface area (Å²) in [5, 5.41) is 12.9. The lowest BCUT2D eigenvalue weighted by Gasteiger charge is -2.48. The molecule has 2 aromatic carbocycles.